The van der Waals surface area contributed by atoms with Crippen molar-refractivity contribution in [3.05, 3.63) is 99.2 Å². The molecule has 0 spiro atoms. The Morgan fingerprint density at radius 2 is 1.79 bits per heavy atom. The fourth-order valence-electron chi connectivity index (χ4n) is 3.53. The van der Waals surface area contributed by atoms with Crippen molar-refractivity contribution in [1.29, 1.82) is 0 Å². The normalized spacial score (nSPS) is 15.8. The average molecular weight is 376 g/mol. The van der Waals surface area contributed by atoms with Crippen molar-refractivity contribution >= 4 is 17.4 Å². The van der Waals surface area contributed by atoms with Gasteiger partial charge in [0.05, 0.1) is 0 Å². The Labute approximate surface area is 160 Å². The Hall–Kier alpha value is -3.54. The predicted molar refractivity (Wildman–Crippen MR) is 103 cm³/mol. The van der Waals surface area contributed by atoms with Crippen LogP contribution in [0.1, 0.15) is 44.3 Å². The van der Waals surface area contributed by atoms with E-state index in [9.17, 15) is 18.8 Å². The van der Waals surface area contributed by atoms with Crippen molar-refractivity contribution in [2.45, 2.75) is 18.8 Å². The molecular weight excluding hydrogens is 359 g/mol. The smallest absolute Gasteiger partial charge is 0.261 e. The summed E-state index contributed by atoms with van der Waals surface area (Å²) in [6, 6.07) is 16.4. The van der Waals surface area contributed by atoms with Crippen LogP contribution in [0.3, 0.4) is 0 Å². The molecule has 0 fully saturated rings. The quantitative estimate of drug-likeness (QED) is 0.732. The number of aromatic amines is 1. The van der Waals surface area contributed by atoms with Gasteiger partial charge in [0.2, 0.25) is 0 Å². The Morgan fingerprint density at radius 1 is 1.00 bits per heavy atom. The number of halogens is 1. The maximum absolute atomic E-state index is 13.3. The molecule has 1 aliphatic carbocycles. The molecule has 5 nitrogen and oxygen atoms in total. The predicted octanol–water partition coefficient (Wildman–Crippen LogP) is 3.68. The van der Waals surface area contributed by atoms with Gasteiger partial charge in [0.1, 0.15) is 11.4 Å². The summed E-state index contributed by atoms with van der Waals surface area (Å²) in [6.45, 7) is 0. The van der Waals surface area contributed by atoms with Crippen molar-refractivity contribution in [1.82, 2.24) is 4.98 Å². The van der Waals surface area contributed by atoms with Gasteiger partial charge in [-0.2, -0.15) is 0 Å². The van der Waals surface area contributed by atoms with Gasteiger partial charge in [-0.05, 0) is 42.2 Å². The summed E-state index contributed by atoms with van der Waals surface area (Å²) < 4.78 is 13.3. The number of amides is 1. The standard InChI is InChI=1S/C22H17FN2O3/c23-15-7-4-8-16(11-15)24-21(27)18-12-17-19(25-22(18)28)9-14(10-20(17)26)13-5-2-1-3-6-13/h1-8,11-12,14H,9-10H2,(H,24,27)(H,25,28)/t14-/m0/s1. The lowest BCUT2D eigenvalue weighted by Gasteiger charge is -2.24. The summed E-state index contributed by atoms with van der Waals surface area (Å²) in [4.78, 5) is 40.2. The summed E-state index contributed by atoms with van der Waals surface area (Å²) in [5.74, 6) is -1.32. The number of ketones is 1. The molecular formula is C22H17FN2O3. The number of carbonyl (C=O) groups excluding carboxylic acids is 2. The Balaban J connectivity index is 1.63. The molecule has 1 aromatic heterocycles. The minimum atomic E-state index is -0.687. The first-order valence-corrected chi connectivity index (χ1v) is 8.92. The highest BCUT2D eigenvalue weighted by Gasteiger charge is 2.28. The van der Waals surface area contributed by atoms with E-state index in [2.05, 4.69) is 10.3 Å². The summed E-state index contributed by atoms with van der Waals surface area (Å²) in [5.41, 5.74) is 1.42. The Kier molecular flexibility index (Phi) is 4.61. The van der Waals surface area contributed by atoms with Gasteiger partial charge in [-0.15, -0.1) is 0 Å². The highest BCUT2D eigenvalue weighted by molar-refractivity contribution is 6.06. The number of aromatic nitrogens is 1. The van der Waals surface area contributed by atoms with Crippen LogP contribution in [0.25, 0.3) is 0 Å². The molecule has 28 heavy (non-hydrogen) atoms. The number of nitrogens with one attached hydrogen (secondary N) is 2. The third kappa shape index (κ3) is 3.49. The molecule has 1 atom stereocenters. The molecule has 140 valence electrons. The number of H-pyrrole nitrogens is 1. The number of benzene rings is 2. The lowest BCUT2D eigenvalue weighted by atomic mass is 9.81. The van der Waals surface area contributed by atoms with Crippen molar-refractivity contribution in [3.8, 4) is 0 Å². The zero-order chi connectivity index (χ0) is 19.7. The molecule has 2 N–H and O–H groups in total. The lowest BCUT2D eigenvalue weighted by molar-refractivity contribution is 0.0963. The first-order valence-electron chi connectivity index (χ1n) is 8.92. The second kappa shape index (κ2) is 7.23. The van der Waals surface area contributed by atoms with E-state index in [0.29, 0.717) is 24.1 Å². The van der Waals surface area contributed by atoms with Crippen LogP contribution in [0.2, 0.25) is 0 Å². The number of pyridine rings is 1. The number of Topliss-reactive ketones (excluding diaryl/α,β-unsaturated/α-hetero) is 1. The van der Waals surface area contributed by atoms with E-state index in [-0.39, 0.29) is 23.0 Å². The van der Waals surface area contributed by atoms with Crippen molar-refractivity contribution in [2.75, 3.05) is 5.32 Å². The molecule has 0 saturated carbocycles. The van der Waals surface area contributed by atoms with Crippen LogP contribution >= 0.6 is 0 Å². The average Bonchev–Trinajstić information content (AvgIpc) is 2.68. The number of hydrogen-bond acceptors (Lipinski definition) is 3. The monoisotopic (exact) mass is 376 g/mol. The van der Waals surface area contributed by atoms with Gasteiger partial charge >= 0.3 is 0 Å². The highest BCUT2D eigenvalue weighted by atomic mass is 19.1. The van der Waals surface area contributed by atoms with E-state index >= 15 is 0 Å². The van der Waals surface area contributed by atoms with Crippen LogP contribution in [0.15, 0.2) is 65.5 Å². The molecule has 1 amide bonds. The van der Waals surface area contributed by atoms with Crippen molar-refractivity contribution in [3.63, 3.8) is 0 Å². The van der Waals surface area contributed by atoms with Crippen LogP contribution in [0.4, 0.5) is 10.1 Å². The molecule has 2 aromatic carbocycles. The lowest BCUT2D eigenvalue weighted by Crippen LogP contribution is -2.29. The molecule has 0 unspecified atom stereocenters. The van der Waals surface area contributed by atoms with Crippen LogP contribution in [-0.4, -0.2) is 16.7 Å². The number of anilines is 1. The molecule has 0 saturated heterocycles. The van der Waals surface area contributed by atoms with Gasteiger partial charge in [-0.1, -0.05) is 36.4 Å². The van der Waals surface area contributed by atoms with Crippen LogP contribution < -0.4 is 10.9 Å². The molecule has 4 rings (SSSR count). The fraction of sp³-hybridized carbons (Fsp3) is 0.136. The maximum Gasteiger partial charge on any atom is 0.261 e. The largest absolute Gasteiger partial charge is 0.325 e. The van der Waals surface area contributed by atoms with Crippen molar-refractivity contribution < 1.29 is 14.0 Å². The molecule has 0 aliphatic heterocycles. The van der Waals surface area contributed by atoms with Crippen LogP contribution in [0.5, 0.6) is 0 Å². The van der Waals surface area contributed by atoms with E-state index in [1.807, 2.05) is 30.3 Å². The Bertz CT molecular complexity index is 1120. The van der Waals surface area contributed by atoms with Gasteiger partial charge < -0.3 is 10.3 Å². The second-order valence-electron chi connectivity index (χ2n) is 6.81. The number of rotatable bonds is 3. The van der Waals surface area contributed by atoms with Crippen LogP contribution in [-0.2, 0) is 6.42 Å². The van der Waals surface area contributed by atoms with Gasteiger partial charge in [0.15, 0.2) is 5.78 Å². The van der Waals surface area contributed by atoms with Crippen molar-refractivity contribution in [2.24, 2.45) is 0 Å². The van der Waals surface area contributed by atoms with Gasteiger partial charge in [0, 0.05) is 23.4 Å². The van der Waals surface area contributed by atoms with E-state index < -0.39 is 17.3 Å². The molecule has 1 heterocycles. The third-order valence-corrected chi connectivity index (χ3v) is 4.90. The topological polar surface area (TPSA) is 79.0 Å². The minimum absolute atomic E-state index is 0.0104. The summed E-state index contributed by atoms with van der Waals surface area (Å²) >= 11 is 0. The summed E-state index contributed by atoms with van der Waals surface area (Å²) in [5, 5.41) is 2.49. The number of hydrogen-bond donors (Lipinski definition) is 2. The SMILES string of the molecule is O=C1C[C@@H](c2ccccc2)Cc2[nH]c(=O)c(C(=O)Nc3cccc(F)c3)cc21. The first kappa shape index (κ1) is 17.9. The summed E-state index contributed by atoms with van der Waals surface area (Å²) in [6.07, 6.45) is 0.833. The first-order chi connectivity index (χ1) is 13.5. The van der Waals surface area contributed by atoms with Gasteiger partial charge in [-0.3, -0.25) is 14.4 Å². The van der Waals surface area contributed by atoms with E-state index in [4.69, 9.17) is 0 Å². The highest BCUT2D eigenvalue weighted by Crippen LogP contribution is 2.31. The molecule has 1 aliphatic rings. The van der Waals surface area contributed by atoms with Crippen LogP contribution in [0, 0.1) is 5.82 Å². The second-order valence-corrected chi connectivity index (χ2v) is 6.81. The molecule has 0 bridgehead atoms. The molecule has 6 heteroatoms. The zero-order valence-electron chi connectivity index (χ0n) is 14.9. The van der Waals surface area contributed by atoms with Gasteiger partial charge in [-0.25, -0.2) is 4.39 Å². The Morgan fingerprint density at radius 3 is 2.54 bits per heavy atom. The molecule has 3 aromatic rings. The molecule has 0 radical (unpaired) electrons. The van der Waals surface area contributed by atoms with E-state index in [1.165, 1.54) is 24.3 Å². The maximum atomic E-state index is 13.3. The number of carbonyl (C=O) groups is 2. The number of fused-ring (bicyclic) bond motifs is 1. The zero-order valence-corrected chi connectivity index (χ0v) is 14.9. The van der Waals surface area contributed by atoms with E-state index in [1.54, 1.807) is 0 Å². The van der Waals surface area contributed by atoms with Gasteiger partial charge in [0.25, 0.3) is 11.5 Å². The fourth-order valence-corrected chi connectivity index (χ4v) is 3.53. The van der Waals surface area contributed by atoms with E-state index in [0.717, 1.165) is 11.6 Å². The third-order valence-electron chi connectivity index (χ3n) is 4.90. The minimum Gasteiger partial charge on any atom is -0.325 e. The summed E-state index contributed by atoms with van der Waals surface area (Å²) in [7, 11) is 0.